The van der Waals surface area contributed by atoms with E-state index in [2.05, 4.69) is 27.7 Å². The average Bonchev–Trinajstić information content (AvgIpc) is 2.32. The van der Waals surface area contributed by atoms with Gasteiger partial charge in [0, 0.05) is 0 Å². The van der Waals surface area contributed by atoms with Crippen molar-refractivity contribution in [1.82, 2.24) is 0 Å². The second-order valence-electron chi connectivity index (χ2n) is 5.27. The monoisotopic (exact) mass is 184 g/mol. The molecule has 0 amide bonds. The topological polar surface area (TPSA) is 37.3 Å². The molecule has 76 valence electrons. The maximum atomic E-state index is 11.0. The fraction of sp³-hybridized carbons (Fsp3) is 0.909. The van der Waals surface area contributed by atoms with Crippen molar-refractivity contribution in [3.63, 3.8) is 0 Å². The highest BCUT2D eigenvalue weighted by Gasteiger charge is 2.67. The van der Waals surface area contributed by atoms with Crippen molar-refractivity contribution in [2.45, 2.75) is 41.0 Å². The van der Waals surface area contributed by atoms with Crippen molar-refractivity contribution in [3.05, 3.63) is 0 Å². The fourth-order valence-corrected chi connectivity index (χ4v) is 2.81. The van der Waals surface area contributed by atoms with Crippen LogP contribution in [0, 0.1) is 22.7 Å². The van der Waals surface area contributed by atoms with Gasteiger partial charge in [-0.3, -0.25) is 4.79 Å². The number of aliphatic carboxylic acids is 1. The number of hydrogen-bond donors (Lipinski definition) is 1. The molecular weight excluding hydrogens is 164 g/mol. The van der Waals surface area contributed by atoms with E-state index in [1.54, 1.807) is 0 Å². The molecule has 0 heterocycles. The normalized spacial score (nSPS) is 26.8. The smallest absolute Gasteiger partial charge is 0.306 e. The fourth-order valence-electron chi connectivity index (χ4n) is 2.81. The highest BCUT2D eigenvalue weighted by atomic mass is 16.4. The molecule has 1 N–H and O–H groups in total. The van der Waals surface area contributed by atoms with Gasteiger partial charge in [-0.25, -0.2) is 0 Å². The molecule has 2 heteroatoms. The van der Waals surface area contributed by atoms with Gasteiger partial charge in [0.2, 0.25) is 0 Å². The first-order valence-electron chi connectivity index (χ1n) is 4.99. The molecule has 0 aromatic rings. The summed E-state index contributed by atoms with van der Waals surface area (Å²) in [5.74, 6) is -0.460. The zero-order chi connectivity index (χ0) is 10.4. The van der Waals surface area contributed by atoms with Crippen LogP contribution in [0.4, 0.5) is 0 Å². The third kappa shape index (κ3) is 1.27. The van der Waals surface area contributed by atoms with Crippen LogP contribution in [0.2, 0.25) is 0 Å². The van der Waals surface area contributed by atoms with Crippen molar-refractivity contribution >= 4 is 5.97 Å². The van der Waals surface area contributed by atoms with Gasteiger partial charge in [0.1, 0.15) is 0 Å². The number of carbonyl (C=O) groups is 1. The zero-order valence-electron chi connectivity index (χ0n) is 9.22. The highest BCUT2D eigenvalue weighted by Crippen LogP contribution is 2.71. The predicted molar refractivity (Wildman–Crippen MR) is 52.5 cm³/mol. The quantitative estimate of drug-likeness (QED) is 0.732. The summed E-state index contributed by atoms with van der Waals surface area (Å²) >= 11 is 0. The van der Waals surface area contributed by atoms with E-state index in [4.69, 9.17) is 5.11 Å². The molecule has 1 rings (SSSR count). The summed E-state index contributed by atoms with van der Waals surface area (Å²) in [5, 5.41) is 9.05. The molecule has 1 atom stereocenters. The average molecular weight is 184 g/mol. The first-order chi connectivity index (χ1) is 5.76. The maximum absolute atomic E-state index is 11.0. The first-order valence-corrected chi connectivity index (χ1v) is 4.99. The van der Waals surface area contributed by atoms with E-state index in [1.807, 2.05) is 6.92 Å². The third-order valence-corrected chi connectivity index (χ3v) is 4.29. The molecule has 1 unspecified atom stereocenters. The van der Waals surface area contributed by atoms with Crippen molar-refractivity contribution < 1.29 is 9.90 Å². The van der Waals surface area contributed by atoms with Gasteiger partial charge >= 0.3 is 5.97 Å². The summed E-state index contributed by atoms with van der Waals surface area (Å²) in [6.07, 6.45) is 0.743. The van der Waals surface area contributed by atoms with E-state index in [0.717, 1.165) is 6.42 Å². The van der Waals surface area contributed by atoms with Crippen LogP contribution in [0.3, 0.4) is 0 Å². The summed E-state index contributed by atoms with van der Waals surface area (Å²) in [7, 11) is 0. The predicted octanol–water partition coefficient (Wildman–Crippen LogP) is 2.78. The summed E-state index contributed by atoms with van der Waals surface area (Å²) in [6.45, 7) is 10.6. The lowest BCUT2D eigenvalue weighted by Gasteiger charge is -2.11. The minimum absolute atomic E-state index is 0.162. The maximum Gasteiger partial charge on any atom is 0.306 e. The summed E-state index contributed by atoms with van der Waals surface area (Å²) in [4.78, 5) is 11.0. The van der Waals surface area contributed by atoms with Gasteiger partial charge in [-0.05, 0) is 23.2 Å². The Labute approximate surface area is 80.3 Å². The van der Waals surface area contributed by atoms with Crippen LogP contribution < -0.4 is 0 Å². The summed E-state index contributed by atoms with van der Waals surface area (Å²) in [5.41, 5.74) is 0.373. The number of carboxylic acid groups (broad SMARTS) is 1. The van der Waals surface area contributed by atoms with E-state index in [1.165, 1.54) is 0 Å². The summed E-state index contributed by atoms with van der Waals surface area (Å²) < 4.78 is 0. The first kappa shape index (κ1) is 10.6. The van der Waals surface area contributed by atoms with Gasteiger partial charge in [-0.15, -0.1) is 0 Å². The molecule has 0 aromatic heterocycles. The van der Waals surface area contributed by atoms with Gasteiger partial charge in [-0.2, -0.15) is 0 Å². The van der Waals surface area contributed by atoms with E-state index < -0.39 is 5.97 Å². The lowest BCUT2D eigenvalue weighted by molar-refractivity contribution is -0.143. The van der Waals surface area contributed by atoms with Gasteiger partial charge in [0.15, 0.2) is 0 Å². The van der Waals surface area contributed by atoms with Crippen LogP contribution in [-0.4, -0.2) is 11.1 Å². The van der Waals surface area contributed by atoms with Crippen molar-refractivity contribution in [1.29, 1.82) is 0 Å². The molecule has 0 saturated heterocycles. The Hall–Kier alpha value is -0.530. The molecule has 0 aliphatic heterocycles. The van der Waals surface area contributed by atoms with E-state index in [-0.39, 0.29) is 16.7 Å². The van der Waals surface area contributed by atoms with E-state index >= 15 is 0 Å². The lowest BCUT2D eigenvalue weighted by Crippen LogP contribution is -2.18. The molecular formula is C11H20O2. The number of carboxylic acids is 1. The molecule has 0 spiro atoms. The Morgan fingerprint density at radius 3 is 1.77 bits per heavy atom. The van der Waals surface area contributed by atoms with E-state index in [0.29, 0.717) is 5.92 Å². The lowest BCUT2D eigenvalue weighted by atomic mass is 9.94. The van der Waals surface area contributed by atoms with Crippen LogP contribution in [0.1, 0.15) is 41.0 Å². The van der Waals surface area contributed by atoms with Crippen LogP contribution in [0.25, 0.3) is 0 Å². The van der Waals surface area contributed by atoms with Crippen LogP contribution in [0.5, 0.6) is 0 Å². The van der Waals surface area contributed by atoms with Gasteiger partial charge < -0.3 is 5.11 Å². The number of rotatable bonds is 3. The molecule has 0 aromatic carbocycles. The minimum atomic E-state index is -0.633. The largest absolute Gasteiger partial charge is 0.481 e. The van der Waals surface area contributed by atoms with Gasteiger partial charge in [-0.1, -0.05) is 34.6 Å². The van der Waals surface area contributed by atoms with Gasteiger partial charge in [0.05, 0.1) is 5.92 Å². The van der Waals surface area contributed by atoms with Crippen LogP contribution >= 0.6 is 0 Å². The Morgan fingerprint density at radius 2 is 1.69 bits per heavy atom. The number of hydrogen-bond acceptors (Lipinski definition) is 1. The standard InChI is InChI=1S/C11H20O2/c1-6-7(9(12)13)8-10(2,3)11(8,4)5/h7-8H,6H2,1-5H3,(H,12,13). The Morgan fingerprint density at radius 1 is 1.31 bits per heavy atom. The molecule has 0 radical (unpaired) electrons. The van der Waals surface area contributed by atoms with E-state index in [9.17, 15) is 4.79 Å². The second kappa shape index (κ2) is 2.73. The van der Waals surface area contributed by atoms with Crippen molar-refractivity contribution in [2.75, 3.05) is 0 Å². The van der Waals surface area contributed by atoms with Crippen molar-refractivity contribution in [3.8, 4) is 0 Å². The Kier molecular flexibility index (Phi) is 2.21. The van der Waals surface area contributed by atoms with Crippen molar-refractivity contribution in [2.24, 2.45) is 22.7 Å². The molecule has 1 aliphatic rings. The molecule has 13 heavy (non-hydrogen) atoms. The third-order valence-electron chi connectivity index (χ3n) is 4.29. The molecule has 0 bridgehead atoms. The Balaban J connectivity index is 2.81. The highest BCUT2D eigenvalue weighted by molar-refractivity contribution is 5.71. The van der Waals surface area contributed by atoms with Gasteiger partial charge in [0.25, 0.3) is 0 Å². The molecule has 1 fully saturated rings. The molecule has 2 nitrogen and oxygen atoms in total. The second-order valence-corrected chi connectivity index (χ2v) is 5.27. The molecule has 1 aliphatic carbocycles. The minimum Gasteiger partial charge on any atom is -0.481 e. The van der Waals surface area contributed by atoms with Crippen LogP contribution in [-0.2, 0) is 4.79 Å². The molecule has 1 saturated carbocycles. The summed E-state index contributed by atoms with van der Waals surface area (Å²) in [6, 6.07) is 0. The SMILES string of the molecule is CCC(C(=O)O)C1C(C)(C)C1(C)C. The zero-order valence-corrected chi connectivity index (χ0v) is 9.22. The van der Waals surface area contributed by atoms with Crippen LogP contribution in [0.15, 0.2) is 0 Å². The Bertz CT molecular complexity index is 214.